The van der Waals surface area contributed by atoms with Crippen molar-refractivity contribution in [1.82, 2.24) is 34.7 Å². The maximum atomic E-state index is 13.5. The van der Waals surface area contributed by atoms with Crippen LogP contribution in [-0.2, 0) is 47.6 Å². The lowest BCUT2D eigenvalue weighted by Crippen LogP contribution is -2.29. The third kappa shape index (κ3) is 15.0. The summed E-state index contributed by atoms with van der Waals surface area (Å²) in [6, 6.07) is 22.0. The second kappa shape index (κ2) is 27.6. The van der Waals surface area contributed by atoms with Gasteiger partial charge >= 0.3 is 36.4 Å². The van der Waals surface area contributed by atoms with Gasteiger partial charge in [-0.3, -0.25) is 4.79 Å². The van der Waals surface area contributed by atoms with Crippen LogP contribution in [0.25, 0.3) is 0 Å². The molecule has 10 rings (SSSR count). The largest absolute Gasteiger partial charge is 0.477 e. The summed E-state index contributed by atoms with van der Waals surface area (Å²) in [4.78, 5) is 54.7. The number of esters is 2. The van der Waals surface area contributed by atoms with Crippen molar-refractivity contribution in [1.29, 1.82) is 0 Å². The number of rotatable bonds is 16. The highest BCUT2D eigenvalue weighted by Gasteiger charge is 2.40. The molecule has 0 saturated heterocycles. The van der Waals surface area contributed by atoms with Gasteiger partial charge in [0, 0.05) is 39.3 Å². The number of hydrogen-bond donors (Lipinski definition) is 2. The van der Waals surface area contributed by atoms with Crippen molar-refractivity contribution in [3.63, 3.8) is 0 Å². The maximum absolute atomic E-state index is 13.5. The molecule has 28 heteroatoms. The van der Waals surface area contributed by atoms with Crippen LogP contribution >= 0.6 is 38.5 Å². The molecule has 3 aliphatic rings. The zero-order chi connectivity index (χ0) is 65.0. The number of nitrogens with one attached hydrogen (secondary N) is 1. The Bertz CT molecular complexity index is 3720. The van der Waals surface area contributed by atoms with Gasteiger partial charge in [-0.2, -0.15) is 54.8 Å². The number of aryl methyl sites for hydroxylation is 1. The minimum absolute atomic E-state index is 0.00224. The SMILES string of the molecule is CCOC(=O)c1c(Br)nn2c1N(Cc1cccc(C(F)(F)F)c1)C[C@H]2CC.CC[C@@H]1CN(Cc2cccc(C(F)(F)F)c2)c2c(C(=O)N[C@@H](C)c3ccc(C(=O)OC)cc3)c(C)nn21.CC[C@@H]1CN(Cc2cccc(C(F)(F)F)c2)c2c(C(=O)O)c(I)nn21. The quantitative estimate of drug-likeness (QED) is 0.0530. The first-order valence-corrected chi connectivity index (χ1v) is 30.2. The number of carbonyl (C=O) groups is 4. The lowest BCUT2D eigenvalue weighted by Gasteiger charge is -2.21. The molecule has 17 nitrogen and oxygen atoms in total. The van der Waals surface area contributed by atoms with Crippen molar-refractivity contribution in [3.8, 4) is 0 Å². The van der Waals surface area contributed by atoms with Gasteiger partial charge < -0.3 is 34.6 Å². The van der Waals surface area contributed by atoms with E-state index in [-0.39, 0.29) is 61.9 Å². The van der Waals surface area contributed by atoms with Crippen LogP contribution in [0.1, 0.15) is 164 Å². The molecule has 0 saturated carbocycles. The van der Waals surface area contributed by atoms with E-state index in [1.54, 1.807) is 70.6 Å². The Hall–Kier alpha value is -7.63. The number of fused-ring (bicyclic) bond motifs is 3. The number of benzene rings is 4. The summed E-state index contributed by atoms with van der Waals surface area (Å²) in [6.45, 7) is 13.8. The van der Waals surface area contributed by atoms with Gasteiger partial charge in [-0.1, -0.05) is 69.3 Å². The van der Waals surface area contributed by atoms with Crippen molar-refractivity contribution in [2.75, 3.05) is 48.1 Å². The van der Waals surface area contributed by atoms with Crippen LogP contribution in [0.3, 0.4) is 0 Å². The van der Waals surface area contributed by atoms with Crippen LogP contribution in [0.5, 0.6) is 0 Å². The number of carbonyl (C=O) groups excluding carboxylic acids is 3. The number of carboxylic acid groups (broad SMARTS) is 1. The molecule has 3 aliphatic heterocycles. The van der Waals surface area contributed by atoms with Gasteiger partial charge in [-0.25, -0.2) is 28.4 Å². The second-order valence-electron chi connectivity index (χ2n) is 21.4. The molecule has 4 atom stereocenters. The molecule has 2 N–H and O–H groups in total. The van der Waals surface area contributed by atoms with E-state index in [9.17, 15) is 63.8 Å². The minimum atomic E-state index is -4.43. The summed E-state index contributed by atoms with van der Waals surface area (Å²) in [6.07, 6.45) is -10.9. The van der Waals surface area contributed by atoms with Gasteiger partial charge in [-0.15, -0.1) is 0 Å². The smallest absolute Gasteiger partial charge is 0.416 e. The van der Waals surface area contributed by atoms with E-state index in [1.165, 1.54) is 25.3 Å². The highest BCUT2D eigenvalue weighted by Crippen LogP contribution is 2.42. The van der Waals surface area contributed by atoms with Gasteiger partial charge in [-0.05, 0) is 149 Å². The number of amides is 1. The third-order valence-electron chi connectivity index (χ3n) is 15.4. The Kier molecular flexibility index (Phi) is 20.9. The summed E-state index contributed by atoms with van der Waals surface area (Å²) in [5.74, 6) is -0.721. The number of aromatic nitrogens is 6. The predicted molar refractivity (Wildman–Crippen MR) is 324 cm³/mol. The Balaban J connectivity index is 0.000000177. The number of ether oxygens (including phenoxy) is 2. The number of aromatic carboxylic acids is 1. The monoisotopic (exact) mass is 1420 g/mol. The van der Waals surface area contributed by atoms with E-state index in [4.69, 9.17) is 9.47 Å². The standard InChI is InChI=1S/C27H29F3N4O3.C18H19BrF3N3O2.C16H15F3IN3O2/c1-5-22-15-33(14-18-7-6-8-21(13-18)27(28,29)30)25-23(17(3)32-34(22)25)24(35)31-16(2)19-9-11-20(12-10-19)26(36)37-4;1-3-13-10-24(9-11-6-5-7-12(8-11)18(20,21)22)16-14(17(26)27-4-2)15(19)23-25(13)16;1-2-11-8-22(14-12(15(24)25)13(20)21-23(11)14)7-9-4-3-5-10(6-9)16(17,18)19/h6-13,16,22H,5,14-15H2,1-4H3,(H,31,35);5-8,13H,3-4,9-10H2,1-2H3;3-6,11H,2,7-8H2,1H3,(H,24,25)/t16-,22+;13-;11-/m011/s1. The normalized spacial score (nSPS) is 16.4. The van der Waals surface area contributed by atoms with Crippen molar-refractivity contribution in [3.05, 3.63) is 172 Å². The van der Waals surface area contributed by atoms with E-state index in [0.717, 1.165) is 61.2 Å². The molecule has 6 heterocycles. The zero-order valence-corrected chi connectivity index (χ0v) is 52.9. The molecular weight excluding hydrogens is 1360 g/mol. The Morgan fingerprint density at radius 2 is 1.02 bits per heavy atom. The van der Waals surface area contributed by atoms with Gasteiger partial charge in [0.25, 0.3) is 5.91 Å². The van der Waals surface area contributed by atoms with E-state index in [2.05, 4.69) is 36.5 Å². The van der Waals surface area contributed by atoms with Crippen molar-refractivity contribution in [2.45, 2.75) is 123 Å². The molecule has 0 aliphatic carbocycles. The third-order valence-corrected chi connectivity index (χ3v) is 16.7. The lowest BCUT2D eigenvalue weighted by molar-refractivity contribution is -0.138. The number of nitrogens with zero attached hydrogens (tertiary/aromatic N) is 9. The Labute approximate surface area is 528 Å². The average Bonchev–Trinajstić information content (AvgIpc) is 1.69. The molecule has 0 bridgehead atoms. The van der Waals surface area contributed by atoms with E-state index < -0.39 is 53.1 Å². The molecule has 1 amide bonds. The van der Waals surface area contributed by atoms with E-state index >= 15 is 0 Å². The molecule has 0 spiro atoms. The van der Waals surface area contributed by atoms with Gasteiger partial charge in [0.15, 0.2) is 0 Å². The first kappa shape index (κ1) is 67.3. The molecule has 3 aromatic heterocycles. The molecule has 476 valence electrons. The topological polar surface area (TPSA) is 182 Å². The van der Waals surface area contributed by atoms with E-state index in [0.29, 0.717) is 84.5 Å². The summed E-state index contributed by atoms with van der Waals surface area (Å²) in [5.41, 5.74) is 1.96. The molecule has 0 fully saturated rings. The minimum Gasteiger partial charge on any atom is -0.477 e. The van der Waals surface area contributed by atoms with Crippen molar-refractivity contribution in [2.24, 2.45) is 0 Å². The van der Waals surface area contributed by atoms with Crippen molar-refractivity contribution >= 4 is 79.8 Å². The second-order valence-corrected chi connectivity index (χ2v) is 23.1. The number of halogens is 11. The number of anilines is 3. The maximum Gasteiger partial charge on any atom is 0.416 e. The van der Waals surface area contributed by atoms with Crippen LogP contribution in [0.4, 0.5) is 57.0 Å². The number of alkyl halides is 9. The fourth-order valence-corrected chi connectivity index (χ4v) is 12.2. The lowest BCUT2D eigenvalue weighted by atomic mass is 10.1. The van der Waals surface area contributed by atoms with Crippen molar-refractivity contribution < 1.29 is 73.3 Å². The number of hydrogen-bond acceptors (Lipinski definition) is 12. The zero-order valence-electron chi connectivity index (χ0n) is 49.2. The molecular formula is C61H63BrF9IN10O7. The molecule has 0 unspecified atom stereocenters. The molecule has 7 aromatic rings. The predicted octanol–water partition coefficient (Wildman–Crippen LogP) is 14.4. The molecule has 89 heavy (non-hydrogen) atoms. The fourth-order valence-electron chi connectivity index (χ4n) is 11.0. The Morgan fingerprint density at radius 3 is 1.42 bits per heavy atom. The van der Waals surface area contributed by atoms with Crippen LogP contribution in [0.2, 0.25) is 0 Å². The summed E-state index contributed by atoms with van der Waals surface area (Å²) < 4.78 is 133. The highest BCUT2D eigenvalue weighted by molar-refractivity contribution is 14.1. The summed E-state index contributed by atoms with van der Waals surface area (Å²) in [7, 11) is 1.31. The van der Waals surface area contributed by atoms with Gasteiger partial charge in [0.05, 0.1) is 65.8 Å². The fraction of sp³-hybridized carbons (Fsp3) is 0.393. The van der Waals surface area contributed by atoms with Crippen LogP contribution < -0.4 is 20.0 Å². The van der Waals surface area contributed by atoms with Crippen LogP contribution in [0.15, 0.2) is 102 Å². The first-order valence-electron chi connectivity index (χ1n) is 28.3. The molecule has 4 aromatic carbocycles. The first-order chi connectivity index (χ1) is 42.0. The number of methoxy groups -OCH3 is 1. The van der Waals surface area contributed by atoms with Crippen LogP contribution in [0, 0.1) is 10.6 Å². The van der Waals surface area contributed by atoms with Gasteiger partial charge in [0.1, 0.15) is 42.4 Å². The molecule has 0 radical (unpaired) electrons. The van der Waals surface area contributed by atoms with E-state index in [1.807, 2.05) is 64.8 Å². The highest BCUT2D eigenvalue weighted by atomic mass is 127. The Morgan fingerprint density at radius 1 is 0.618 bits per heavy atom. The number of carboxylic acids is 1. The van der Waals surface area contributed by atoms with Gasteiger partial charge in [0.2, 0.25) is 0 Å². The summed E-state index contributed by atoms with van der Waals surface area (Å²) in [5, 5.41) is 25.8. The average molecular weight is 1430 g/mol. The summed E-state index contributed by atoms with van der Waals surface area (Å²) >= 11 is 5.19. The van der Waals surface area contributed by atoms with Crippen LogP contribution in [-0.4, -0.2) is 91.6 Å².